The third-order valence-corrected chi connectivity index (χ3v) is 6.23. The van der Waals surface area contributed by atoms with Crippen molar-refractivity contribution in [3.63, 3.8) is 0 Å². The highest BCUT2D eigenvalue weighted by Gasteiger charge is 2.29. The molecular formula is C18H14ClN5O2S. The number of sulfonamides is 1. The molecule has 1 N–H and O–H groups in total. The van der Waals surface area contributed by atoms with Gasteiger partial charge in [-0.15, -0.1) is 0 Å². The van der Waals surface area contributed by atoms with E-state index in [4.69, 9.17) is 22.1 Å². The molecule has 0 spiro atoms. The SMILES string of the molecule is N#CC(C#N)=NNc1cc(S(=O)(=O)N2CCCc3ccccc32)ccc1Cl. The van der Waals surface area contributed by atoms with Gasteiger partial charge in [-0.25, -0.2) is 8.42 Å². The van der Waals surface area contributed by atoms with E-state index in [2.05, 4.69) is 10.5 Å². The normalized spacial score (nSPS) is 13.1. The van der Waals surface area contributed by atoms with E-state index in [1.807, 2.05) is 18.2 Å². The molecule has 9 heteroatoms. The Kier molecular flexibility index (Phi) is 5.31. The van der Waals surface area contributed by atoms with Gasteiger partial charge in [-0.1, -0.05) is 29.8 Å². The molecule has 0 atom stereocenters. The van der Waals surface area contributed by atoms with Gasteiger partial charge >= 0.3 is 0 Å². The van der Waals surface area contributed by atoms with Crippen molar-refractivity contribution in [1.82, 2.24) is 0 Å². The fourth-order valence-corrected chi connectivity index (χ4v) is 4.55. The minimum absolute atomic E-state index is 0.0387. The predicted molar refractivity (Wildman–Crippen MR) is 103 cm³/mol. The molecule has 136 valence electrons. The zero-order valence-electron chi connectivity index (χ0n) is 14.1. The van der Waals surface area contributed by atoms with E-state index in [1.54, 1.807) is 18.2 Å². The van der Waals surface area contributed by atoms with Gasteiger partial charge in [0.1, 0.15) is 12.1 Å². The average Bonchev–Trinajstić information content (AvgIpc) is 2.69. The minimum atomic E-state index is -3.81. The van der Waals surface area contributed by atoms with Gasteiger partial charge in [-0.05, 0) is 42.7 Å². The summed E-state index contributed by atoms with van der Waals surface area (Å²) in [6.45, 7) is 0.385. The summed E-state index contributed by atoms with van der Waals surface area (Å²) in [4.78, 5) is 0.0387. The van der Waals surface area contributed by atoms with Crippen molar-refractivity contribution in [3.8, 4) is 12.1 Å². The summed E-state index contributed by atoms with van der Waals surface area (Å²) >= 11 is 6.08. The van der Waals surface area contributed by atoms with Gasteiger partial charge in [0.05, 0.1) is 21.3 Å². The Hall–Kier alpha value is -3.07. The molecule has 0 fully saturated rings. The molecule has 3 rings (SSSR count). The Morgan fingerprint density at radius 3 is 2.67 bits per heavy atom. The second kappa shape index (κ2) is 7.67. The van der Waals surface area contributed by atoms with E-state index in [9.17, 15) is 8.42 Å². The van der Waals surface area contributed by atoms with Crippen LogP contribution in [0.1, 0.15) is 12.0 Å². The van der Waals surface area contributed by atoms with Crippen LogP contribution in [0.4, 0.5) is 11.4 Å². The molecule has 0 amide bonds. The number of hydrogen-bond donors (Lipinski definition) is 1. The van der Waals surface area contributed by atoms with Gasteiger partial charge in [-0.3, -0.25) is 9.73 Å². The van der Waals surface area contributed by atoms with Crippen LogP contribution in [0, 0.1) is 22.7 Å². The number of benzene rings is 2. The Bertz CT molecular complexity index is 1080. The maximum absolute atomic E-state index is 13.2. The summed E-state index contributed by atoms with van der Waals surface area (Å²) in [7, 11) is -3.81. The van der Waals surface area contributed by atoms with Crippen LogP contribution < -0.4 is 9.73 Å². The first-order valence-electron chi connectivity index (χ1n) is 8.01. The van der Waals surface area contributed by atoms with Gasteiger partial charge in [0.2, 0.25) is 5.71 Å². The second-order valence-electron chi connectivity index (χ2n) is 5.75. The number of halogens is 1. The van der Waals surface area contributed by atoms with Crippen molar-refractivity contribution < 1.29 is 8.42 Å². The Morgan fingerprint density at radius 2 is 1.93 bits per heavy atom. The first-order chi connectivity index (χ1) is 13.0. The zero-order chi connectivity index (χ0) is 19.4. The largest absolute Gasteiger partial charge is 0.275 e. The predicted octanol–water partition coefficient (Wildman–Crippen LogP) is 3.30. The molecule has 2 aromatic carbocycles. The molecule has 0 aliphatic carbocycles. The summed E-state index contributed by atoms with van der Waals surface area (Å²) in [5.74, 6) is 0. The number of anilines is 2. The molecule has 0 bridgehead atoms. The molecule has 0 radical (unpaired) electrons. The maximum atomic E-state index is 13.2. The van der Waals surface area contributed by atoms with Crippen LogP contribution in [0.15, 0.2) is 52.5 Å². The molecule has 0 unspecified atom stereocenters. The number of aryl methyl sites for hydroxylation is 1. The monoisotopic (exact) mass is 399 g/mol. The number of rotatable bonds is 4. The Labute approximate surface area is 162 Å². The molecular weight excluding hydrogens is 386 g/mol. The van der Waals surface area contributed by atoms with Crippen LogP contribution >= 0.6 is 11.6 Å². The molecule has 27 heavy (non-hydrogen) atoms. The number of nitrogens with zero attached hydrogens (tertiary/aromatic N) is 4. The molecule has 2 aromatic rings. The van der Waals surface area contributed by atoms with Gasteiger partial charge in [-0.2, -0.15) is 15.6 Å². The van der Waals surface area contributed by atoms with E-state index in [-0.39, 0.29) is 15.6 Å². The van der Waals surface area contributed by atoms with E-state index in [0.717, 1.165) is 18.4 Å². The van der Waals surface area contributed by atoms with Crippen molar-refractivity contribution in [1.29, 1.82) is 10.5 Å². The topological polar surface area (TPSA) is 109 Å². The third kappa shape index (κ3) is 3.72. The third-order valence-electron chi connectivity index (χ3n) is 4.09. The van der Waals surface area contributed by atoms with Crippen LogP contribution in [0.5, 0.6) is 0 Å². The molecule has 7 nitrogen and oxygen atoms in total. The summed E-state index contributed by atoms with van der Waals surface area (Å²) < 4.78 is 27.7. The highest BCUT2D eigenvalue weighted by molar-refractivity contribution is 7.92. The zero-order valence-corrected chi connectivity index (χ0v) is 15.6. The standard InChI is InChI=1S/C18H14ClN5O2S/c19-16-8-7-15(10-17(16)23-22-14(11-20)12-21)27(25,26)24-9-3-5-13-4-1-2-6-18(13)24/h1-2,4,6-8,10,23H,3,5,9H2. The number of hydrogen-bond acceptors (Lipinski definition) is 6. The smallest absolute Gasteiger partial charge is 0.264 e. The lowest BCUT2D eigenvalue weighted by Gasteiger charge is -2.30. The van der Waals surface area contributed by atoms with Gasteiger partial charge < -0.3 is 0 Å². The van der Waals surface area contributed by atoms with Crippen LogP contribution in [0.3, 0.4) is 0 Å². The number of fused-ring (bicyclic) bond motifs is 1. The lowest BCUT2D eigenvalue weighted by atomic mass is 10.0. The highest BCUT2D eigenvalue weighted by Crippen LogP contribution is 2.33. The lowest BCUT2D eigenvalue weighted by molar-refractivity contribution is 0.586. The number of nitrogens with one attached hydrogen (secondary N) is 1. The van der Waals surface area contributed by atoms with Crippen molar-refractivity contribution >= 4 is 38.7 Å². The van der Waals surface area contributed by atoms with Gasteiger partial charge in [0, 0.05) is 6.54 Å². The van der Waals surface area contributed by atoms with Gasteiger partial charge in [0.25, 0.3) is 10.0 Å². The Balaban J connectivity index is 2.00. The Morgan fingerprint density at radius 1 is 1.19 bits per heavy atom. The fraction of sp³-hybridized carbons (Fsp3) is 0.167. The van der Waals surface area contributed by atoms with E-state index >= 15 is 0 Å². The molecule has 0 saturated heterocycles. The van der Waals surface area contributed by atoms with Crippen LogP contribution in [-0.4, -0.2) is 20.7 Å². The van der Waals surface area contributed by atoms with Crippen molar-refractivity contribution in [2.75, 3.05) is 16.3 Å². The van der Waals surface area contributed by atoms with E-state index < -0.39 is 15.7 Å². The molecule has 0 saturated carbocycles. The first-order valence-corrected chi connectivity index (χ1v) is 9.83. The first kappa shape index (κ1) is 18.7. The minimum Gasteiger partial charge on any atom is -0.275 e. The maximum Gasteiger partial charge on any atom is 0.264 e. The van der Waals surface area contributed by atoms with Crippen molar-refractivity contribution in [2.45, 2.75) is 17.7 Å². The summed E-state index contributed by atoms with van der Waals surface area (Å²) in [6, 6.07) is 14.8. The second-order valence-corrected chi connectivity index (χ2v) is 8.02. The molecule has 1 heterocycles. The van der Waals surface area contributed by atoms with Crippen LogP contribution in [-0.2, 0) is 16.4 Å². The number of nitriles is 2. The summed E-state index contributed by atoms with van der Waals surface area (Å²) in [5.41, 5.74) is 3.92. The van der Waals surface area contributed by atoms with Crippen molar-refractivity contribution in [2.24, 2.45) is 5.10 Å². The molecule has 1 aliphatic rings. The quantitative estimate of drug-likeness (QED) is 0.626. The number of hydrazone groups is 1. The summed E-state index contributed by atoms with van der Waals surface area (Å²) in [6.07, 6.45) is 1.56. The van der Waals surface area contributed by atoms with E-state index in [0.29, 0.717) is 12.2 Å². The molecule has 0 aromatic heterocycles. The van der Waals surface area contributed by atoms with Crippen molar-refractivity contribution in [3.05, 3.63) is 53.1 Å². The summed E-state index contributed by atoms with van der Waals surface area (Å²) in [5, 5.41) is 21.3. The molecule has 1 aliphatic heterocycles. The lowest BCUT2D eigenvalue weighted by Crippen LogP contribution is -2.35. The number of para-hydroxylation sites is 1. The van der Waals surface area contributed by atoms with Crippen LogP contribution in [0.25, 0.3) is 0 Å². The fourth-order valence-electron chi connectivity index (χ4n) is 2.82. The average molecular weight is 400 g/mol. The van der Waals surface area contributed by atoms with E-state index in [1.165, 1.54) is 22.5 Å². The van der Waals surface area contributed by atoms with Crippen LogP contribution in [0.2, 0.25) is 5.02 Å². The highest BCUT2D eigenvalue weighted by atomic mass is 35.5. The van der Waals surface area contributed by atoms with Gasteiger partial charge in [0.15, 0.2) is 0 Å².